The van der Waals surface area contributed by atoms with E-state index in [-0.39, 0.29) is 11.4 Å². The summed E-state index contributed by atoms with van der Waals surface area (Å²) in [5, 5.41) is 5.04. The van der Waals surface area contributed by atoms with Crippen LogP contribution in [-0.4, -0.2) is 17.9 Å². The second-order valence-corrected chi connectivity index (χ2v) is 7.29. The molecular weight excluding hydrogens is 449 g/mol. The molecule has 0 radical (unpaired) electrons. The first kappa shape index (κ1) is 23.2. The second-order valence-electron chi connectivity index (χ2n) is 6.85. The second kappa shape index (κ2) is 9.35. The number of nitrogens with one attached hydrogen (secondary N) is 2. The van der Waals surface area contributed by atoms with Gasteiger partial charge >= 0.3 is 6.18 Å². The molecule has 0 spiro atoms. The molecule has 168 valence electrons. The number of halogens is 4. The molecule has 1 atom stereocenters. The number of carbonyl (C=O) groups excluding carboxylic acids is 2. The Hall–Kier alpha value is -3.46. The van der Waals surface area contributed by atoms with Crippen molar-refractivity contribution >= 4 is 34.8 Å². The van der Waals surface area contributed by atoms with Crippen molar-refractivity contribution in [3.8, 4) is 5.75 Å². The van der Waals surface area contributed by atoms with Crippen LogP contribution in [0.2, 0.25) is 5.02 Å². The van der Waals surface area contributed by atoms with Gasteiger partial charge in [0, 0.05) is 10.7 Å². The number of hydrogen-bond acceptors (Lipinski definition) is 4. The molecule has 0 bridgehead atoms. The normalized spacial score (nSPS) is 12.2. The summed E-state index contributed by atoms with van der Waals surface area (Å²) in [4.78, 5) is 24.5. The monoisotopic (exact) mass is 466 g/mol. The molecule has 1 unspecified atom stereocenters. The molecule has 3 rings (SSSR count). The lowest BCUT2D eigenvalue weighted by Gasteiger charge is -2.19. The third-order valence-corrected chi connectivity index (χ3v) is 4.63. The van der Waals surface area contributed by atoms with Gasteiger partial charge in [-0.3, -0.25) is 9.59 Å². The third kappa shape index (κ3) is 5.61. The number of anilines is 2. The van der Waals surface area contributed by atoms with Crippen LogP contribution in [0.4, 0.5) is 24.5 Å². The summed E-state index contributed by atoms with van der Waals surface area (Å²) in [7, 11) is 0. The molecule has 0 aliphatic rings. The summed E-state index contributed by atoms with van der Waals surface area (Å²) < 4.78 is 51.3. The van der Waals surface area contributed by atoms with E-state index in [0.29, 0.717) is 16.3 Å². The summed E-state index contributed by atoms with van der Waals surface area (Å²) in [6.07, 6.45) is -4.61. The molecule has 32 heavy (non-hydrogen) atoms. The predicted octanol–water partition coefficient (Wildman–Crippen LogP) is 5.92. The van der Waals surface area contributed by atoms with E-state index in [1.54, 1.807) is 25.1 Å². The van der Waals surface area contributed by atoms with Crippen molar-refractivity contribution in [2.45, 2.75) is 26.1 Å². The van der Waals surface area contributed by atoms with Crippen LogP contribution < -0.4 is 15.4 Å². The first-order chi connectivity index (χ1) is 15.0. The Labute approximate surface area is 186 Å². The van der Waals surface area contributed by atoms with Crippen molar-refractivity contribution < 1.29 is 31.9 Å². The summed E-state index contributed by atoms with van der Waals surface area (Å²) in [5.74, 6) is -1.17. The van der Waals surface area contributed by atoms with Crippen molar-refractivity contribution in [1.82, 2.24) is 0 Å². The van der Waals surface area contributed by atoms with Crippen molar-refractivity contribution in [2.24, 2.45) is 0 Å². The van der Waals surface area contributed by atoms with Crippen LogP contribution in [0, 0.1) is 6.92 Å². The zero-order valence-electron chi connectivity index (χ0n) is 16.9. The van der Waals surface area contributed by atoms with Crippen LogP contribution in [0.15, 0.2) is 59.2 Å². The van der Waals surface area contributed by atoms with Gasteiger partial charge in [0.05, 0.1) is 17.5 Å². The van der Waals surface area contributed by atoms with E-state index in [9.17, 15) is 22.8 Å². The van der Waals surface area contributed by atoms with E-state index in [2.05, 4.69) is 10.6 Å². The maximum Gasteiger partial charge on any atom is 0.418 e. The molecule has 0 fully saturated rings. The molecule has 3 aromatic rings. The highest BCUT2D eigenvalue weighted by molar-refractivity contribution is 6.30. The molecule has 0 aliphatic heterocycles. The topological polar surface area (TPSA) is 80.6 Å². The average molecular weight is 467 g/mol. The molecule has 2 aromatic carbocycles. The van der Waals surface area contributed by atoms with Crippen molar-refractivity contribution in [2.75, 3.05) is 10.6 Å². The fourth-order valence-corrected chi connectivity index (χ4v) is 3.02. The highest BCUT2D eigenvalue weighted by atomic mass is 35.5. The molecule has 6 nitrogen and oxygen atoms in total. The molecule has 0 saturated carbocycles. The minimum absolute atomic E-state index is 0.0561. The van der Waals surface area contributed by atoms with E-state index >= 15 is 0 Å². The van der Waals surface area contributed by atoms with Crippen molar-refractivity contribution in [3.63, 3.8) is 0 Å². The Bertz CT molecular complexity index is 1130. The predicted molar refractivity (Wildman–Crippen MR) is 113 cm³/mol. The number of amides is 2. The number of aryl methyl sites for hydroxylation is 1. The first-order valence-electron chi connectivity index (χ1n) is 9.34. The van der Waals surface area contributed by atoms with Crippen LogP contribution in [0.5, 0.6) is 5.75 Å². The Morgan fingerprint density at radius 2 is 1.84 bits per heavy atom. The summed E-state index contributed by atoms with van der Waals surface area (Å²) >= 11 is 5.88. The van der Waals surface area contributed by atoms with Crippen molar-refractivity contribution in [1.29, 1.82) is 0 Å². The van der Waals surface area contributed by atoms with Gasteiger partial charge in [0.2, 0.25) is 0 Å². The Balaban J connectivity index is 1.77. The minimum Gasteiger partial charge on any atom is -0.481 e. The lowest BCUT2D eigenvalue weighted by molar-refractivity contribution is -0.137. The Morgan fingerprint density at radius 1 is 1.09 bits per heavy atom. The quantitative estimate of drug-likeness (QED) is 0.472. The number of alkyl halides is 3. The van der Waals surface area contributed by atoms with Gasteiger partial charge in [0.15, 0.2) is 11.9 Å². The van der Waals surface area contributed by atoms with Crippen molar-refractivity contribution in [3.05, 3.63) is 76.7 Å². The molecule has 10 heteroatoms. The molecular formula is C22H18ClF3N2O4. The number of benzene rings is 2. The number of hydrogen-bond donors (Lipinski definition) is 2. The van der Waals surface area contributed by atoms with E-state index < -0.39 is 35.3 Å². The Kier molecular flexibility index (Phi) is 6.78. The van der Waals surface area contributed by atoms with Crippen LogP contribution in [0.1, 0.15) is 28.6 Å². The molecule has 1 heterocycles. The van der Waals surface area contributed by atoms with Gasteiger partial charge in [-0.1, -0.05) is 11.6 Å². The summed E-state index contributed by atoms with van der Waals surface area (Å²) in [6.45, 7) is 3.14. The molecule has 0 aliphatic carbocycles. The fourth-order valence-electron chi connectivity index (χ4n) is 2.79. The number of rotatable bonds is 6. The largest absolute Gasteiger partial charge is 0.481 e. The fraction of sp³-hybridized carbons (Fsp3) is 0.182. The lowest BCUT2D eigenvalue weighted by atomic mass is 10.1. The zero-order valence-corrected chi connectivity index (χ0v) is 17.7. The first-order valence-corrected chi connectivity index (χ1v) is 9.72. The smallest absolute Gasteiger partial charge is 0.418 e. The van der Waals surface area contributed by atoms with Gasteiger partial charge in [-0.25, -0.2) is 0 Å². The number of furan rings is 1. The maximum atomic E-state index is 13.6. The van der Waals surface area contributed by atoms with E-state index in [1.807, 2.05) is 0 Å². The highest BCUT2D eigenvalue weighted by Crippen LogP contribution is 2.37. The molecule has 2 N–H and O–H groups in total. The summed E-state index contributed by atoms with van der Waals surface area (Å²) in [5.41, 5.74) is -1.04. The van der Waals surface area contributed by atoms with Gasteiger partial charge < -0.3 is 19.8 Å². The van der Waals surface area contributed by atoms with Crippen LogP contribution in [-0.2, 0) is 11.0 Å². The van der Waals surface area contributed by atoms with Gasteiger partial charge in [0.25, 0.3) is 11.8 Å². The summed E-state index contributed by atoms with van der Waals surface area (Å²) in [6, 6.07) is 10.6. The van der Waals surface area contributed by atoms with Gasteiger partial charge in [-0.15, -0.1) is 0 Å². The van der Waals surface area contributed by atoms with Crippen LogP contribution in [0.3, 0.4) is 0 Å². The van der Waals surface area contributed by atoms with Crippen LogP contribution >= 0.6 is 11.6 Å². The molecule has 0 saturated heterocycles. The number of ether oxygens (including phenoxy) is 1. The highest BCUT2D eigenvalue weighted by Gasteiger charge is 2.35. The standard InChI is InChI=1S/C22H18ClF3N2O4/c1-12-10-14(23)5-8-18(12)32-13(2)20(29)28-17-7-6-15(11-16(17)22(24,25)26)27-21(30)19-4-3-9-31-19/h3-11,13H,1-2H3,(H,27,30)(H,28,29). The van der Waals surface area contributed by atoms with Gasteiger partial charge in [0.1, 0.15) is 5.75 Å². The maximum absolute atomic E-state index is 13.6. The molecule has 1 aromatic heterocycles. The van der Waals surface area contributed by atoms with Crippen LogP contribution in [0.25, 0.3) is 0 Å². The zero-order chi connectivity index (χ0) is 23.5. The van der Waals surface area contributed by atoms with E-state index in [0.717, 1.165) is 12.1 Å². The minimum atomic E-state index is -4.79. The third-order valence-electron chi connectivity index (χ3n) is 4.40. The lowest BCUT2D eigenvalue weighted by Crippen LogP contribution is -2.31. The SMILES string of the molecule is Cc1cc(Cl)ccc1OC(C)C(=O)Nc1ccc(NC(=O)c2ccco2)cc1C(F)(F)F. The van der Waals surface area contributed by atoms with Gasteiger partial charge in [-0.2, -0.15) is 13.2 Å². The Morgan fingerprint density at radius 3 is 2.47 bits per heavy atom. The molecule has 2 amide bonds. The van der Waals surface area contributed by atoms with E-state index in [1.165, 1.54) is 31.4 Å². The number of carbonyl (C=O) groups is 2. The van der Waals surface area contributed by atoms with Gasteiger partial charge in [-0.05, 0) is 67.9 Å². The van der Waals surface area contributed by atoms with E-state index in [4.69, 9.17) is 20.8 Å². The average Bonchev–Trinajstić information content (AvgIpc) is 3.25.